The summed E-state index contributed by atoms with van der Waals surface area (Å²) >= 11 is 0. The van der Waals surface area contributed by atoms with Gasteiger partial charge < -0.3 is 0 Å². The molecule has 1 aromatic carbocycles. The molecule has 0 fully saturated rings. The SMILES string of the molecule is O=Cc1ncccc1CCc1ccccc1. The van der Waals surface area contributed by atoms with Gasteiger partial charge in [0.05, 0.1) is 0 Å². The third-order valence-electron chi connectivity index (χ3n) is 2.56. The second-order valence-electron chi connectivity index (χ2n) is 3.65. The molecule has 0 aliphatic heterocycles. The van der Waals surface area contributed by atoms with Crippen LogP contribution in [0.4, 0.5) is 0 Å². The predicted molar refractivity (Wildman–Crippen MR) is 63.5 cm³/mol. The summed E-state index contributed by atoms with van der Waals surface area (Å²) in [6, 6.07) is 14.1. The highest BCUT2D eigenvalue weighted by Gasteiger charge is 2.01. The van der Waals surface area contributed by atoms with Crippen LogP contribution in [0.15, 0.2) is 48.7 Å². The summed E-state index contributed by atoms with van der Waals surface area (Å²) in [5.41, 5.74) is 2.85. The lowest BCUT2D eigenvalue weighted by atomic mass is 10.0. The predicted octanol–water partition coefficient (Wildman–Crippen LogP) is 2.68. The first-order valence-corrected chi connectivity index (χ1v) is 5.33. The minimum atomic E-state index is 0.554. The van der Waals surface area contributed by atoms with Crippen LogP contribution in [0.3, 0.4) is 0 Å². The minimum absolute atomic E-state index is 0.554. The van der Waals surface area contributed by atoms with Crippen molar-refractivity contribution in [1.29, 1.82) is 0 Å². The van der Waals surface area contributed by atoms with Crippen LogP contribution in [-0.2, 0) is 12.8 Å². The van der Waals surface area contributed by atoms with Gasteiger partial charge in [-0.1, -0.05) is 36.4 Å². The van der Waals surface area contributed by atoms with Crippen LogP contribution in [0.5, 0.6) is 0 Å². The molecule has 2 nitrogen and oxygen atoms in total. The van der Waals surface area contributed by atoms with Crippen molar-refractivity contribution in [1.82, 2.24) is 4.98 Å². The Morgan fingerprint density at radius 1 is 1.00 bits per heavy atom. The number of carbonyl (C=O) groups excluding carboxylic acids is 1. The first-order chi connectivity index (χ1) is 7.90. The average molecular weight is 211 g/mol. The van der Waals surface area contributed by atoms with E-state index >= 15 is 0 Å². The van der Waals surface area contributed by atoms with Crippen LogP contribution in [0.25, 0.3) is 0 Å². The number of rotatable bonds is 4. The fourth-order valence-corrected chi connectivity index (χ4v) is 1.69. The minimum Gasteiger partial charge on any atom is -0.296 e. The molecule has 0 atom stereocenters. The molecule has 0 bridgehead atoms. The molecule has 0 spiro atoms. The maximum atomic E-state index is 10.8. The number of aryl methyl sites for hydroxylation is 2. The number of pyridine rings is 1. The van der Waals surface area contributed by atoms with Gasteiger partial charge in [0.2, 0.25) is 0 Å². The fourth-order valence-electron chi connectivity index (χ4n) is 1.69. The number of benzene rings is 1. The van der Waals surface area contributed by atoms with Gasteiger partial charge in [0, 0.05) is 6.20 Å². The van der Waals surface area contributed by atoms with E-state index in [1.165, 1.54) is 5.56 Å². The topological polar surface area (TPSA) is 30.0 Å². The Kier molecular flexibility index (Phi) is 3.44. The summed E-state index contributed by atoms with van der Waals surface area (Å²) in [7, 11) is 0. The monoisotopic (exact) mass is 211 g/mol. The van der Waals surface area contributed by atoms with E-state index in [9.17, 15) is 4.79 Å². The zero-order chi connectivity index (χ0) is 11.2. The highest BCUT2D eigenvalue weighted by Crippen LogP contribution is 2.08. The van der Waals surface area contributed by atoms with Gasteiger partial charge >= 0.3 is 0 Å². The van der Waals surface area contributed by atoms with Crippen molar-refractivity contribution in [2.75, 3.05) is 0 Å². The standard InChI is InChI=1S/C14H13NO/c16-11-14-13(7-4-10-15-14)9-8-12-5-2-1-3-6-12/h1-7,10-11H,8-9H2. The second kappa shape index (κ2) is 5.21. The van der Waals surface area contributed by atoms with Crippen molar-refractivity contribution >= 4 is 6.29 Å². The van der Waals surface area contributed by atoms with Crippen molar-refractivity contribution in [2.24, 2.45) is 0 Å². The van der Waals surface area contributed by atoms with Crippen LogP contribution in [0, 0.1) is 0 Å². The van der Waals surface area contributed by atoms with Gasteiger partial charge in [-0.3, -0.25) is 9.78 Å². The summed E-state index contributed by atoms with van der Waals surface area (Å²) in [5.74, 6) is 0. The van der Waals surface area contributed by atoms with Crippen LogP contribution in [-0.4, -0.2) is 11.3 Å². The van der Waals surface area contributed by atoms with Gasteiger partial charge in [-0.25, -0.2) is 0 Å². The third kappa shape index (κ3) is 2.54. The molecule has 0 saturated heterocycles. The largest absolute Gasteiger partial charge is 0.296 e. The summed E-state index contributed by atoms with van der Waals surface area (Å²) < 4.78 is 0. The highest BCUT2D eigenvalue weighted by molar-refractivity contribution is 5.74. The van der Waals surface area contributed by atoms with Crippen LogP contribution in [0.2, 0.25) is 0 Å². The van der Waals surface area contributed by atoms with E-state index in [-0.39, 0.29) is 0 Å². The van der Waals surface area contributed by atoms with Crippen molar-refractivity contribution in [2.45, 2.75) is 12.8 Å². The smallest absolute Gasteiger partial charge is 0.168 e. The lowest BCUT2D eigenvalue weighted by Gasteiger charge is -2.03. The molecule has 0 radical (unpaired) electrons. The van der Waals surface area contributed by atoms with E-state index in [0.717, 1.165) is 24.7 Å². The molecular weight excluding hydrogens is 198 g/mol. The summed E-state index contributed by atoms with van der Waals surface area (Å²) in [5, 5.41) is 0. The van der Waals surface area contributed by atoms with Gasteiger partial charge in [-0.05, 0) is 30.0 Å². The Labute approximate surface area is 95.0 Å². The number of hydrogen-bond acceptors (Lipinski definition) is 2. The molecule has 2 aromatic rings. The molecule has 0 aliphatic rings. The molecule has 0 unspecified atom stereocenters. The third-order valence-corrected chi connectivity index (χ3v) is 2.56. The first kappa shape index (κ1) is 10.6. The highest BCUT2D eigenvalue weighted by atomic mass is 16.1. The van der Waals surface area contributed by atoms with E-state index < -0.39 is 0 Å². The van der Waals surface area contributed by atoms with E-state index in [4.69, 9.17) is 0 Å². The Balaban J connectivity index is 2.08. The first-order valence-electron chi connectivity index (χ1n) is 5.33. The van der Waals surface area contributed by atoms with Crippen LogP contribution < -0.4 is 0 Å². The Bertz CT molecular complexity index is 465. The van der Waals surface area contributed by atoms with Gasteiger partial charge in [0.25, 0.3) is 0 Å². The maximum Gasteiger partial charge on any atom is 0.168 e. The van der Waals surface area contributed by atoms with Gasteiger partial charge in [-0.2, -0.15) is 0 Å². The normalized spacial score (nSPS) is 10.0. The number of carbonyl (C=O) groups is 1. The molecule has 0 saturated carbocycles. The zero-order valence-corrected chi connectivity index (χ0v) is 8.97. The van der Waals surface area contributed by atoms with Gasteiger partial charge in [0.15, 0.2) is 6.29 Å². The Morgan fingerprint density at radius 2 is 1.81 bits per heavy atom. The number of aromatic nitrogens is 1. The summed E-state index contributed by atoms with van der Waals surface area (Å²) in [6.07, 6.45) is 4.26. The molecule has 80 valence electrons. The van der Waals surface area contributed by atoms with E-state index in [0.29, 0.717) is 5.69 Å². The molecule has 16 heavy (non-hydrogen) atoms. The van der Waals surface area contributed by atoms with Crippen LogP contribution >= 0.6 is 0 Å². The van der Waals surface area contributed by atoms with Crippen molar-refractivity contribution < 1.29 is 4.79 Å². The fraction of sp³-hybridized carbons (Fsp3) is 0.143. The lowest BCUT2D eigenvalue weighted by Crippen LogP contribution is -1.98. The molecule has 0 aliphatic carbocycles. The molecule has 0 amide bonds. The van der Waals surface area contributed by atoms with Gasteiger partial charge in [0.1, 0.15) is 5.69 Å². The Morgan fingerprint density at radius 3 is 2.56 bits per heavy atom. The number of aldehydes is 1. The maximum absolute atomic E-state index is 10.8. The van der Waals surface area contributed by atoms with Gasteiger partial charge in [-0.15, -0.1) is 0 Å². The van der Waals surface area contributed by atoms with Crippen LogP contribution in [0.1, 0.15) is 21.6 Å². The zero-order valence-electron chi connectivity index (χ0n) is 8.97. The summed E-state index contributed by atoms with van der Waals surface area (Å²) in [6.45, 7) is 0. The average Bonchev–Trinajstić information content (AvgIpc) is 2.38. The molecule has 2 heteroatoms. The number of hydrogen-bond donors (Lipinski definition) is 0. The summed E-state index contributed by atoms with van der Waals surface area (Å²) in [4.78, 5) is 14.8. The molecule has 2 rings (SSSR count). The van der Waals surface area contributed by atoms with Crippen molar-refractivity contribution in [3.63, 3.8) is 0 Å². The van der Waals surface area contributed by atoms with Crippen molar-refractivity contribution in [3.05, 3.63) is 65.5 Å². The lowest BCUT2D eigenvalue weighted by molar-refractivity contribution is 0.111. The molecule has 1 aromatic heterocycles. The van der Waals surface area contributed by atoms with Crippen molar-refractivity contribution in [3.8, 4) is 0 Å². The molecule has 1 heterocycles. The second-order valence-corrected chi connectivity index (χ2v) is 3.65. The Hall–Kier alpha value is -1.96. The molecule has 0 N–H and O–H groups in total. The van der Waals surface area contributed by atoms with E-state index in [2.05, 4.69) is 17.1 Å². The quantitative estimate of drug-likeness (QED) is 0.728. The number of nitrogens with zero attached hydrogens (tertiary/aromatic N) is 1. The molecular formula is C14H13NO. The van der Waals surface area contributed by atoms with E-state index in [1.807, 2.05) is 30.3 Å². The van der Waals surface area contributed by atoms with E-state index in [1.54, 1.807) is 6.20 Å².